The van der Waals surface area contributed by atoms with E-state index in [-0.39, 0.29) is 5.82 Å². The summed E-state index contributed by atoms with van der Waals surface area (Å²) < 4.78 is 25.8. The lowest BCUT2D eigenvalue weighted by molar-refractivity contribution is 0.316. The molecule has 0 spiro atoms. The van der Waals surface area contributed by atoms with Crippen molar-refractivity contribution in [2.45, 2.75) is 26.2 Å². The third-order valence-corrected chi connectivity index (χ3v) is 5.14. The van der Waals surface area contributed by atoms with Crippen LogP contribution >= 0.6 is 27.5 Å². The molecule has 0 aliphatic heterocycles. The predicted molar refractivity (Wildman–Crippen MR) is 119 cm³/mol. The monoisotopic (exact) mass is 477 g/mol. The van der Waals surface area contributed by atoms with Crippen molar-refractivity contribution in [1.29, 1.82) is 0 Å². The molecule has 1 aromatic heterocycles. The van der Waals surface area contributed by atoms with Gasteiger partial charge in [-0.1, -0.05) is 34.1 Å². The second-order valence-corrected chi connectivity index (χ2v) is 7.96. The zero-order valence-corrected chi connectivity index (χ0v) is 18.5. The van der Waals surface area contributed by atoms with Crippen molar-refractivity contribution < 1.29 is 13.5 Å². The van der Waals surface area contributed by atoms with Gasteiger partial charge in [0.25, 0.3) is 0 Å². The van der Waals surface area contributed by atoms with Gasteiger partial charge in [0, 0.05) is 22.0 Å². The first-order chi connectivity index (χ1) is 14.0. The van der Waals surface area contributed by atoms with Crippen LogP contribution in [0.25, 0.3) is 12.2 Å². The second kappa shape index (κ2) is 10.6. The molecule has 0 atom stereocenters. The molecule has 29 heavy (non-hydrogen) atoms. The molecule has 0 fully saturated rings. The molecule has 3 rings (SSSR count). The van der Waals surface area contributed by atoms with Crippen molar-refractivity contribution in [2.24, 2.45) is 0 Å². The van der Waals surface area contributed by atoms with Crippen LogP contribution in [-0.2, 0) is 12.8 Å². The van der Waals surface area contributed by atoms with Gasteiger partial charge in [-0.25, -0.2) is 9.37 Å². The van der Waals surface area contributed by atoms with E-state index in [9.17, 15) is 4.39 Å². The topological polar surface area (TPSA) is 35.3 Å². The Kier molecular flexibility index (Phi) is 7.90. The molecule has 0 aliphatic carbocycles. The van der Waals surface area contributed by atoms with Crippen LogP contribution in [0.3, 0.4) is 0 Å². The van der Waals surface area contributed by atoms with Gasteiger partial charge in [-0.3, -0.25) is 0 Å². The van der Waals surface area contributed by atoms with Crippen LogP contribution in [0, 0.1) is 12.7 Å². The van der Waals surface area contributed by atoms with Crippen LogP contribution in [0.4, 0.5) is 4.39 Å². The summed E-state index contributed by atoms with van der Waals surface area (Å²) in [5.41, 5.74) is 3.67. The lowest BCUT2D eigenvalue weighted by atomic mass is 10.1. The summed E-state index contributed by atoms with van der Waals surface area (Å²) in [5.74, 6) is 1.66. The highest BCUT2D eigenvalue weighted by atomic mass is 79.9. The van der Waals surface area contributed by atoms with Gasteiger partial charge < -0.3 is 9.15 Å². The van der Waals surface area contributed by atoms with Gasteiger partial charge >= 0.3 is 0 Å². The van der Waals surface area contributed by atoms with Crippen molar-refractivity contribution in [3.63, 3.8) is 0 Å². The van der Waals surface area contributed by atoms with Crippen LogP contribution in [0.2, 0.25) is 0 Å². The molecular formula is C23H22BrClFNO2. The first-order valence-electron chi connectivity index (χ1n) is 9.41. The fraction of sp³-hybridized carbons (Fsp3) is 0.261. The molecule has 0 saturated carbocycles. The summed E-state index contributed by atoms with van der Waals surface area (Å²) >= 11 is 8.93. The summed E-state index contributed by atoms with van der Waals surface area (Å²) in [7, 11) is 0. The van der Waals surface area contributed by atoms with Crippen LogP contribution in [0.15, 0.2) is 51.6 Å². The van der Waals surface area contributed by atoms with Gasteiger partial charge in [0.05, 0.1) is 12.3 Å². The first-order valence-corrected chi connectivity index (χ1v) is 10.7. The minimum atomic E-state index is -0.298. The third kappa shape index (κ3) is 6.44. The van der Waals surface area contributed by atoms with Gasteiger partial charge in [0.1, 0.15) is 17.8 Å². The minimum absolute atomic E-state index is 0.298. The van der Waals surface area contributed by atoms with Gasteiger partial charge in [-0.2, -0.15) is 0 Å². The number of benzene rings is 2. The normalized spacial score (nSPS) is 11.3. The number of hydrogen-bond donors (Lipinski definition) is 0. The zero-order chi connectivity index (χ0) is 20.6. The molecule has 152 valence electrons. The zero-order valence-electron chi connectivity index (χ0n) is 16.1. The van der Waals surface area contributed by atoms with E-state index in [2.05, 4.69) is 33.0 Å². The van der Waals surface area contributed by atoms with Crippen LogP contribution in [0.5, 0.6) is 5.75 Å². The Balaban J connectivity index is 1.56. The number of hydrogen-bond acceptors (Lipinski definition) is 3. The van der Waals surface area contributed by atoms with E-state index in [0.717, 1.165) is 36.3 Å². The first kappa shape index (κ1) is 21.6. The van der Waals surface area contributed by atoms with Crippen LogP contribution in [0.1, 0.15) is 34.7 Å². The summed E-state index contributed by atoms with van der Waals surface area (Å²) in [6.07, 6.45) is 7.42. The number of nitrogens with zero attached hydrogens (tertiary/aromatic N) is 1. The number of rotatable bonds is 9. The molecule has 0 aliphatic rings. The fourth-order valence-electron chi connectivity index (χ4n) is 2.85. The molecule has 0 bridgehead atoms. The van der Waals surface area contributed by atoms with Crippen molar-refractivity contribution >= 4 is 39.7 Å². The molecular weight excluding hydrogens is 457 g/mol. The number of alkyl halides is 1. The highest BCUT2D eigenvalue weighted by Gasteiger charge is 2.06. The smallest absolute Gasteiger partial charge is 0.218 e. The molecule has 1 heterocycles. The maximum absolute atomic E-state index is 13.9. The molecule has 0 amide bonds. The standard InChI is InChI=1S/C23H22BrClFNO2/c1-16-13-17(4-9-22(16)28-12-2-11-25)3-8-20-15-29-23(27-20)10-6-18-5-7-19(24)14-21(18)26/h4-7,9-10,13-15H,2-3,8,11-12H2,1H3/b10-6+. The number of aryl methyl sites for hydroxylation is 3. The largest absolute Gasteiger partial charge is 0.493 e. The van der Waals surface area contributed by atoms with Crippen LogP contribution < -0.4 is 4.74 Å². The maximum atomic E-state index is 13.9. The van der Waals surface area contributed by atoms with E-state index < -0.39 is 0 Å². The molecule has 0 radical (unpaired) electrons. The molecule has 0 saturated heterocycles. The van der Waals surface area contributed by atoms with Crippen molar-refractivity contribution in [3.05, 3.63) is 81.2 Å². The Morgan fingerprint density at radius 3 is 2.79 bits per heavy atom. The molecule has 3 aromatic rings. The summed E-state index contributed by atoms with van der Waals surface area (Å²) in [6, 6.07) is 11.1. The predicted octanol–water partition coefficient (Wildman–Crippen LogP) is 6.85. The number of oxazole rings is 1. The third-order valence-electron chi connectivity index (χ3n) is 4.38. The van der Waals surface area contributed by atoms with E-state index in [1.165, 1.54) is 11.6 Å². The Bertz CT molecular complexity index is 987. The summed E-state index contributed by atoms with van der Waals surface area (Å²) in [6.45, 7) is 2.67. The Morgan fingerprint density at radius 2 is 2.03 bits per heavy atom. The lowest BCUT2D eigenvalue weighted by Crippen LogP contribution is -2.00. The van der Waals surface area contributed by atoms with E-state index >= 15 is 0 Å². The van der Waals surface area contributed by atoms with Crippen molar-refractivity contribution in [3.8, 4) is 5.75 Å². The molecule has 2 aromatic carbocycles. The number of halogens is 3. The number of ether oxygens (including phenoxy) is 1. The highest BCUT2D eigenvalue weighted by Crippen LogP contribution is 2.21. The Morgan fingerprint density at radius 1 is 1.17 bits per heavy atom. The number of aromatic nitrogens is 1. The average Bonchev–Trinajstić information content (AvgIpc) is 3.15. The van der Waals surface area contributed by atoms with E-state index in [1.54, 1.807) is 30.5 Å². The van der Waals surface area contributed by atoms with E-state index in [1.807, 2.05) is 13.0 Å². The van der Waals surface area contributed by atoms with Gasteiger partial charge in [0.15, 0.2) is 0 Å². The fourth-order valence-corrected chi connectivity index (χ4v) is 3.29. The average molecular weight is 479 g/mol. The Hall–Kier alpha value is -2.11. The van der Waals surface area contributed by atoms with E-state index in [0.29, 0.717) is 28.4 Å². The minimum Gasteiger partial charge on any atom is -0.493 e. The maximum Gasteiger partial charge on any atom is 0.218 e. The van der Waals surface area contributed by atoms with E-state index in [4.69, 9.17) is 20.8 Å². The summed E-state index contributed by atoms with van der Waals surface area (Å²) in [5, 5.41) is 0. The molecule has 0 unspecified atom stereocenters. The van der Waals surface area contributed by atoms with Crippen molar-refractivity contribution in [1.82, 2.24) is 4.98 Å². The summed E-state index contributed by atoms with van der Waals surface area (Å²) in [4.78, 5) is 4.46. The van der Waals surface area contributed by atoms with Gasteiger partial charge in [0.2, 0.25) is 5.89 Å². The molecule has 0 N–H and O–H groups in total. The quantitative estimate of drug-likeness (QED) is 0.249. The van der Waals surface area contributed by atoms with Gasteiger partial charge in [-0.05, 0) is 61.6 Å². The van der Waals surface area contributed by atoms with Crippen molar-refractivity contribution in [2.75, 3.05) is 12.5 Å². The molecule has 6 heteroatoms. The molecule has 3 nitrogen and oxygen atoms in total. The lowest BCUT2D eigenvalue weighted by Gasteiger charge is -2.10. The van der Waals surface area contributed by atoms with Crippen LogP contribution in [-0.4, -0.2) is 17.5 Å². The second-order valence-electron chi connectivity index (χ2n) is 6.67. The SMILES string of the molecule is Cc1cc(CCc2coc(/C=C/c3ccc(Br)cc3F)n2)ccc1OCCCCl. The Labute approximate surface area is 183 Å². The van der Waals surface area contributed by atoms with Gasteiger partial charge in [-0.15, -0.1) is 11.6 Å². The highest BCUT2D eigenvalue weighted by molar-refractivity contribution is 9.10.